The summed E-state index contributed by atoms with van der Waals surface area (Å²) in [5.74, 6) is 3.83. The third-order valence-electron chi connectivity index (χ3n) is 2.90. The number of hydrogen-bond donors (Lipinski definition) is 0. The van der Waals surface area contributed by atoms with E-state index in [1.807, 2.05) is 54.2 Å². The van der Waals surface area contributed by atoms with Gasteiger partial charge in [-0.15, -0.1) is 11.8 Å². The molecule has 2 heterocycles. The van der Waals surface area contributed by atoms with E-state index in [4.69, 9.17) is 14.2 Å². The molecule has 104 valence electrons. The molecule has 0 unspecified atom stereocenters. The first-order chi connectivity index (χ1) is 9.93. The van der Waals surface area contributed by atoms with Crippen molar-refractivity contribution >= 4 is 11.8 Å². The molecule has 0 atom stereocenters. The van der Waals surface area contributed by atoms with Gasteiger partial charge >= 0.3 is 0 Å². The van der Waals surface area contributed by atoms with Crippen LogP contribution >= 0.6 is 11.8 Å². The van der Waals surface area contributed by atoms with Crippen LogP contribution in [0.5, 0.6) is 17.2 Å². The van der Waals surface area contributed by atoms with E-state index < -0.39 is 0 Å². The second-order valence-electron chi connectivity index (χ2n) is 4.29. The van der Waals surface area contributed by atoms with Crippen molar-refractivity contribution in [2.75, 3.05) is 25.6 Å². The first-order valence-electron chi connectivity index (χ1n) is 6.63. The molecule has 0 aromatic heterocycles. The average Bonchev–Trinajstić information content (AvgIpc) is 2.56. The molecule has 0 radical (unpaired) electrons. The largest absolute Gasteiger partial charge is 0.492 e. The lowest BCUT2D eigenvalue weighted by atomic mass is 10.3. The summed E-state index contributed by atoms with van der Waals surface area (Å²) in [6.07, 6.45) is 0. The molecular formula is C16H16O3S. The summed E-state index contributed by atoms with van der Waals surface area (Å²) in [7, 11) is 0. The van der Waals surface area contributed by atoms with Crippen molar-refractivity contribution in [1.82, 2.24) is 0 Å². The second kappa shape index (κ2) is 6.57. The van der Waals surface area contributed by atoms with E-state index in [1.165, 1.54) is 4.90 Å². The maximum Gasteiger partial charge on any atom is 0.161 e. The Kier molecular flexibility index (Phi) is 4.33. The molecule has 0 saturated heterocycles. The Labute approximate surface area is 122 Å². The summed E-state index contributed by atoms with van der Waals surface area (Å²) in [5.41, 5.74) is 0. The molecule has 0 fully saturated rings. The maximum atomic E-state index is 5.40. The van der Waals surface area contributed by atoms with Crippen LogP contribution in [0.2, 0.25) is 0 Å². The molecule has 2 aliphatic rings. The van der Waals surface area contributed by atoms with Crippen LogP contribution in [0.3, 0.4) is 0 Å². The molecule has 0 saturated carbocycles. The number of fused-ring (bicyclic) bond motifs is 2. The molecule has 0 aliphatic carbocycles. The minimum atomic E-state index is 0.664. The highest BCUT2D eigenvalue weighted by atomic mass is 32.2. The van der Waals surface area contributed by atoms with Crippen LogP contribution < -0.4 is 14.2 Å². The topological polar surface area (TPSA) is 27.7 Å². The van der Waals surface area contributed by atoms with Gasteiger partial charge in [-0.1, -0.05) is 24.3 Å². The quantitative estimate of drug-likeness (QED) is 0.740. The van der Waals surface area contributed by atoms with Gasteiger partial charge in [-0.25, -0.2) is 0 Å². The number of rotatable bonds is 0. The van der Waals surface area contributed by atoms with E-state index in [2.05, 4.69) is 6.07 Å². The van der Waals surface area contributed by atoms with Gasteiger partial charge in [0.15, 0.2) is 11.5 Å². The summed E-state index contributed by atoms with van der Waals surface area (Å²) >= 11 is 1.86. The van der Waals surface area contributed by atoms with E-state index in [0.717, 1.165) is 29.6 Å². The molecule has 0 bridgehead atoms. The maximum absolute atomic E-state index is 5.40. The molecule has 3 nitrogen and oxygen atoms in total. The number of hydrogen-bond acceptors (Lipinski definition) is 4. The van der Waals surface area contributed by atoms with E-state index in [1.54, 1.807) is 0 Å². The molecule has 2 aromatic rings. The Balaban J connectivity index is 0.000000121. The predicted octanol–water partition coefficient (Wildman–Crippen LogP) is 3.63. The summed E-state index contributed by atoms with van der Waals surface area (Å²) in [6.45, 7) is 2.18. The standard InChI is InChI=1S/C8H8O2.C8H8OS/c2*1-2-4-8-7(3-1)9-5-6-10-8/h2*1-4H,5-6H2. The Hall–Kier alpha value is -1.81. The fraction of sp³-hybridized carbons (Fsp3) is 0.250. The fourth-order valence-corrected chi connectivity index (χ4v) is 2.81. The van der Waals surface area contributed by atoms with E-state index in [9.17, 15) is 0 Å². The fourth-order valence-electron chi connectivity index (χ4n) is 1.98. The zero-order valence-corrected chi connectivity index (χ0v) is 11.9. The zero-order chi connectivity index (χ0) is 13.6. The molecule has 20 heavy (non-hydrogen) atoms. The summed E-state index contributed by atoms with van der Waals surface area (Å²) in [6, 6.07) is 15.9. The Morgan fingerprint density at radius 2 is 1.20 bits per heavy atom. The molecule has 0 amide bonds. The summed E-state index contributed by atoms with van der Waals surface area (Å²) in [4.78, 5) is 1.27. The molecular weight excluding hydrogens is 272 g/mol. The lowest BCUT2D eigenvalue weighted by Crippen LogP contribution is -2.14. The van der Waals surface area contributed by atoms with Gasteiger partial charge in [0.2, 0.25) is 0 Å². The van der Waals surface area contributed by atoms with Gasteiger partial charge in [0.25, 0.3) is 0 Å². The van der Waals surface area contributed by atoms with Gasteiger partial charge in [-0.2, -0.15) is 0 Å². The SMILES string of the molecule is c1ccc2c(c1)OCCO2.c1ccc2c(c1)OCCS2. The number of ether oxygens (including phenoxy) is 3. The van der Waals surface area contributed by atoms with Gasteiger partial charge in [0.1, 0.15) is 19.0 Å². The molecule has 2 aromatic carbocycles. The van der Waals surface area contributed by atoms with E-state index >= 15 is 0 Å². The third-order valence-corrected chi connectivity index (χ3v) is 3.91. The molecule has 0 spiro atoms. The monoisotopic (exact) mass is 288 g/mol. The molecule has 0 N–H and O–H groups in total. The van der Waals surface area contributed by atoms with Crippen molar-refractivity contribution < 1.29 is 14.2 Å². The van der Waals surface area contributed by atoms with Crippen LogP contribution in [-0.4, -0.2) is 25.6 Å². The number of benzene rings is 2. The Morgan fingerprint density at radius 1 is 0.650 bits per heavy atom. The van der Waals surface area contributed by atoms with Crippen molar-refractivity contribution in [2.24, 2.45) is 0 Å². The molecule has 4 heteroatoms. The van der Waals surface area contributed by atoms with Crippen LogP contribution in [0.4, 0.5) is 0 Å². The highest BCUT2D eigenvalue weighted by Crippen LogP contribution is 2.32. The first kappa shape index (κ1) is 13.2. The highest BCUT2D eigenvalue weighted by molar-refractivity contribution is 7.99. The minimum absolute atomic E-state index is 0.664. The lowest BCUT2D eigenvalue weighted by molar-refractivity contribution is 0.171. The highest BCUT2D eigenvalue weighted by Gasteiger charge is 2.08. The van der Waals surface area contributed by atoms with Crippen molar-refractivity contribution in [3.63, 3.8) is 0 Å². The van der Waals surface area contributed by atoms with Crippen molar-refractivity contribution in [1.29, 1.82) is 0 Å². The van der Waals surface area contributed by atoms with E-state index in [0.29, 0.717) is 13.2 Å². The zero-order valence-electron chi connectivity index (χ0n) is 11.1. The normalized spacial score (nSPS) is 15.2. The lowest BCUT2D eigenvalue weighted by Gasteiger charge is -2.17. The Morgan fingerprint density at radius 3 is 1.85 bits per heavy atom. The van der Waals surface area contributed by atoms with Gasteiger partial charge in [0.05, 0.1) is 6.61 Å². The average molecular weight is 288 g/mol. The minimum Gasteiger partial charge on any atom is -0.492 e. The number of thioether (sulfide) groups is 1. The van der Waals surface area contributed by atoms with Crippen molar-refractivity contribution in [3.05, 3.63) is 48.5 Å². The van der Waals surface area contributed by atoms with Crippen LogP contribution in [0.15, 0.2) is 53.4 Å². The molecule has 2 aliphatic heterocycles. The first-order valence-corrected chi connectivity index (χ1v) is 7.61. The van der Waals surface area contributed by atoms with Gasteiger partial charge in [0, 0.05) is 10.6 Å². The van der Waals surface area contributed by atoms with E-state index in [-0.39, 0.29) is 0 Å². The second-order valence-corrected chi connectivity index (χ2v) is 5.42. The Bertz CT molecular complexity index is 470. The summed E-state index contributed by atoms with van der Waals surface area (Å²) in [5, 5.41) is 0. The molecule has 4 rings (SSSR count). The van der Waals surface area contributed by atoms with Crippen LogP contribution in [0, 0.1) is 0 Å². The van der Waals surface area contributed by atoms with Gasteiger partial charge in [-0.05, 0) is 24.3 Å². The van der Waals surface area contributed by atoms with Crippen LogP contribution in [0.1, 0.15) is 0 Å². The smallest absolute Gasteiger partial charge is 0.161 e. The third kappa shape index (κ3) is 3.20. The van der Waals surface area contributed by atoms with Gasteiger partial charge in [-0.3, -0.25) is 0 Å². The van der Waals surface area contributed by atoms with Crippen molar-refractivity contribution in [2.45, 2.75) is 4.90 Å². The van der Waals surface area contributed by atoms with Gasteiger partial charge < -0.3 is 14.2 Å². The number of para-hydroxylation sites is 3. The van der Waals surface area contributed by atoms with Crippen molar-refractivity contribution in [3.8, 4) is 17.2 Å². The van der Waals surface area contributed by atoms with Crippen LogP contribution in [-0.2, 0) is 0 Å². The predicted molar refractivity (Wildman–Crippen MR) is 80.1 cm³/mol. The summed E-state index contributed by atoms with van der Waals surface area (Å²) < 4.78 is 16.0. The van der Waals surface area contributed by atoms with Crippen LogP contribution in [0.25, 0.3) is 0 Å².